The molecule has 5 rings (SSSR count). The smallest absolute Gasteiger partial charge is 0.382 e. The molecule has 2 unspecified atom stereocenters. The highest BCUT2D eigenvalue weighted by Crippen LogP contribution is 2.57. The van der Waals surface area contributed by atoms with Crippen molar-refractivity contribution in [2.24, 2.45) is 0 Å². The molecule has 3 N–H and O–H groups in total. The van der Waals surface area contributed by atoms with Crippen LogP contribution < -0.4 is 5.73 Å². The van der Waals surface area contributed by atoms with Gasteiger partial charge >= 0.3 is 13.6 Å². The van der Waals surface area contributed by atoms with Crippen molar-refractivity contribution in [1.29, 1.82) is 0 Å². The molecular weight excluding hydrogens is 600 g/mol. The number of rotatable bonds is 9. The normalized spacial score (nSPS) is 27.6. The van der Waals surface area contributed by atoms with Gasteiger partial charge in [0.15, 0.2) is 11.5 Å². The fraction of sp³-hybridized carbons (Fsp3) is 0.435. The van der Waals surface area contributed by atoms with Crippen molar-refractivity contribution >= 4 is 55.1 Å². The van der Waals surface area contributed by atoms with Crippen molar-refractivity contribution in [3.8, 4) is 11.8 Å². The number of hydrogen-bond acceptors (Lipinski definition) is 11. The first kappa shape index (κ1) is 29.5. The molecule has 0 saturated carbocycles. The Bertz CT molecular complexity index is 1500. The molecule has 13 nitrogen and oxygen atoms in total. The van der Waals surface area contributed by atoms with E-state index in [0.29, 0.717) is 24.0 Å². The lowest BCUT2D eigenvalue weighted by molar-refractivity contribution is -0.0368. The molecule has 4 heterocycles. The molecule has 7 atom stereocenters. The van der Waals surface area contributed by atoms with Gasteiger partial charge in [0.2, 0.25) is 0 Å². The molecule has 40 heavy (non-hydrogen) atoms. The number of anilines is 1. The second kappa shape index (κ2) is 12.5. The largest absolute Gasteiger partial charge is 0.386 e. The first-order valence-corrected chi connectivity index (χ1v) is 17.7. The Morgan fingerprint density at radius 3 is 2.67 bits per heavy atom. The summed E-state index contributed by atoms with van der Waals surface area (Å²) in [6.07, 6.45) is 1.18. The summed E-state index contributed by atoms with van der Waals surface area (Å²) < 4.78 is 54.6. The molecule has 2 aromatic heterocycles. The van der Waals surface area contributed by atoms with E-state index in [1.807, 2.05) is 30.3 Å². The minimum atomic E-state index is -4.12. The van der Waals surface area contributed by atoms with Crippen LogP contribution in [0.4, 0.5) is 5.82 Å². The highest BCUT2D eigenvalue weighted by atomic mass is 32.7. The predicted octanol–water partition coefficient (Wildman–Crippen LogP) is 3.78. The Morgan fingerprint density at radius 1 is 1.10 bits per heavy atom. The van der Waals surface area contributed by atoms with Crippen molar-refractivity contribution < 1.29 is 37.1 Å². The van der Waals surface area contributed by atoms with Gasteiger partial charge in [0.25, 0.3) is 0 Å². The number of benzene rings is 1. The number of thiol groups is 2. The third-order valence-electron chi connectivity index (χ3n) is 6.24. The first-order valence-electron chi connectivity index (χ1n) is 12.2. The summed E-state index contributed by atoms with van der Waals surface area (Å²) in [7, 11) is 0. The topological polar surface area (TPSA) is 170 Å². The Hall–Kier alpha value is -1.95. The van der Waals surface area contributed by atoms with E-state index >= 15 is 0 Å². The summed E-state index contributed by atoms with van der Waals surface area (Å²) in [5.41, 5.74) is 7.56. The van der Waals surface area contributed by atoms with Gasteiger partial charge in [-0.3, -0.25) is 18.1 Å². The van der Waals surface area contributed by atoms with E-state index in [4.69, 9.17) is 28.8 Å². The molecule has 3 aromatic rings. The zero-order valence-corrected chi connectivity index (χ0v) is 24.5. The number of hydrogen-bond donors (Lipinski definition) is 4. The van der Waals surface area contributed by atoms with Gasteiger partial charge in [-0.15, -0.1) is 0 Å². The monoisotopic (exact) mass is 627 g/mol. The van der Waals surface area contributed by atoms with Gasteiger partial charge in [0, 0.05) is 12.0 Å². The van der Waals surface area contributed by atoms with Crippen molar-refractivity contribution in [1.82, 2.24) is 19.5 Å². The van der Waals surface area contributed by atoms with Crippen molar-refractivity contribution in [2.45, 2.75) is 49.9 Å². The number of nitrogens with zero attached hydrogens (tertiary/aromatic N) is 4. The average Bonchev–Trinajstić information content (AvgIpc) is 3.64. The summed E-state index contributed by atoms with van der Waals surface area (Å²) >= 11 is 7.68. The lowest BCUT2D eigenvalue weighted by atomic mass is 10.2. The summed E-state index contributed by atoms with van der Waals surface area (Å²) in [5.74, 6) is 6.38. The van der Waals surface area contributed by atoms with E-state index in [9.17, 15) is 14.0 Å². The number of imidazole rings is 1. The van der Waals surface area contributed by atoms with E-state index in [1.54, 1.807) is 4.57 Å². The van der Waals surface area contributed by atoms with E-state index in [2.05, 4.69) is 51.3 Å². The van der Waals surface area contributed by atoms with Crippen molar-refractivity contribution in [2.75, 3.05) is 18.9 Å². The molecule has 2 aliphatic heterocycles. The van der Waals surface area contributed by atoms with Crippen molar-refractivity contribution in [3.63, 3.8) is 0 Å². The molecule has 2 fully saturated rings. The summed E-state index contributed by atoms with van der Waals surface area (Å²) in [5, 5.41) is 0. The van der Waals surface area contributed by atoms with Crippen LogP contribution >= 0.6 is 38.1 Å². The zero-order chi connectivity index (χ0) is 28.3. The third-order valence-corrected chi connectivity index (χ3v) is 8.71. The Kier molecular flexibility index (Phi) is 9.24. The maximum absolute atomic E-state index is 13.2. The number of fused-ring (bicyclic) bond motifs is 1. The van der Waals surface area contributed by atoms with E-state index in [0.717, 1.165) is 5.56 Å². The van der Waals surface area contributed by atoms with Gasteiger partial charge in [-0.05, 0) is 25.0 Å². The van der Waals surface area contributed by atoms with Gasteiger partial charge in [-0.1, -0.05) is 54.5 Å². The van der Waals surface area contributed by atoms with E-state index in [-0.39, 0.29) is 37.7 Å². The van der Waals surface area contributed by atoms with Crippen LogP contribution in [-0.2, 0) is 32.2 Å². The molecule has 0 radical (unpaired) electrons. The molecule has 214 valence electrons. The number of aromatic nitrogens is 4. The second-order valence-corrected chi connectivity index (χ2v) is 14.7. The van der Waals surface area contributed by atoms with Crippen molar-refractivity contribution in [3.05, 3.63) is 48.5 Å². The summed E-state index contributed by atoms with van der Waals surface area (Å²) in [6, 6.07) is 9.59. The van der Waals surface area contributed by atoms with Crippen LogP contribution in [0.2, 0.25) is 0 Å². The average molecular weight is 628 g/mol. The maximum Gasteiger partial charge on any atom is 0.386 e. The second-order valence-electron chi connectivity index (χ2n) is 9.10. The SMILES string of the molecule is Nc1ncnc2c1ncn2[C@H]1C[C@H](OP(=O)(S)OC[C@@H]2CC[C@H](C#Cc3ccccc3)O2)[C@@H](COP(=O)(O)S)O1. The quantitative estimate of drug-likeness (QED) is 0.154. The van der Waals surface area contributed by atoms with Crippen LogP contribution in [0.3, 0.4) is 0 Å². The molecular formula is C23H27N5O8P2S2. The maximum atomic E-state index is 13.2. The molecule has 0 spiro atoms. The fourth-order valence-corrected chi connectivity index (χ4v) is 6.47. The lowest BCUT2D eigenvalue weighted by Crippen LogP contribution is -2.28. The van der Waals surface area contributed by atoms with E-state index in [1.165, 1.54) is 12.7 Å². The van der Waals surface area contributed by atoms with Gasteiger partial charge in [0.1, 0.15) is 36.4 Å². The van der Waals surface area contributed by atoms with Gasteiger partial charge in [-0.2, -0.15) is 0 Å². The zero-order valence-electron chi connectivity index (χ0n) is 20.9. The minimum Gasteiger partial charge on any atom is -0.382 e. The molecule has 2 aliphatic rings. The molecule has 1 aromatic carbocycles. The summed E-state index contributed by atoms with van der Waals surface area (Å²) in [4.78, 5) is 21.8. The molecule has 0 aliphatic carbocycles. The first-order chi connectivity index (χ1) is 19.1. The van der Waals surface area contributed by atoms with Crippen LogP contribution in [0.25, 0.3) is 11.2 Å². The van der Waals surface area contributed by atoms with E-state index < -0.39 is 32.0 Å². The van der Waals surface area contributed by atoms with Crippen LogP contribution in [-0.4, -0.2) is 62.0 Å². The molecule has 17 heteroatoms. The molecule has 0 bridgehead atoms. The Morgan fingerprint density at radius 2 is 1.90 bits per heavy atom. The minimum absolute atomic E-state index is 0.0205. The highest BCUT2D eigenvalue weighted by Gasteiger charge is 2.43. The standard InChI is InChI=1S/C23H27N5O8P2S2/c24-22-21-23(26-13-25-22)28(14-27-21)20-10-18(19(35-20)12-32-37(29,30)39)36-38(31,40)33-11-17-9-8-16(34-17)7-6-15-4-2-1-3-5-15/h1-5,13-14,16-20H,8-12H2,(H,31,40)(H2,24,25,26)(H2,29,30,39)/t16-,17-,18-,19+,20+,38?/m0/s1. The lowest BCUT2D eigenvalue weighted by Gasteiger charge is -2.23. The molecule has 0 amide bonds. The van der Waals surface area contributed by atoms with Crippen LogP contribution in [0.15, 0.2) is 43.0 Å². The Balaban J connectivity index is 1.21. The third kappa shape index (κ3) is 7.66. The number of ether oxygens (including phenoxy) is 2. The molecule has 2 saturated heterocycles. The van der Waals surface area contributed by atoms with Crippen LogP contribution in [0.1, 0.15) is 31.1 Å². The Labute approximate surface area is 240 Å². The van der Waals surface area contributed by atoms with Gasteiger partial charge in [0.05, 0.1) is 25.6 Å². The summed E-state index contributed by atoms with van der Waals surface area (Å²) in [6.45, 7) is -8.43. The van der Waals surface area contributed by atoms with Gasteiger partial charge < -0.3 is 20.1 Å². The predicted molar refractivity (Wildman–Crippen MR) is 152 cm³/mol. The van der Waals surface area contributed by atoms with Crippen LogP contribution in [0, 0.1) is 11.8 Å². The fourth-order valence-electron chi connectivity index (χ4n) is 4.38. The van der Waals surface area contributed by atoms with Gasteiger partial charge in [-0.25, -0.2) is 24.1 Å². The number of nitrogens with two attached hydrogens (primary N) is 1. The highest BCUT2D eigenvalue weighted by molar-refractivity contribution is 8.44. The number of nitrogen functional groups attached to an aromatic ring is 1. The van der Waals surface area contributed by atoms with Crippen LogP contribution in [0.5, 0.6) is 0 Å².